The Bertz CT molecular complexity index is 1090. The van der Waals surface area contributed by atoms with Gasteiger partial charge in [0.05, 0.1) is 20.3 Å². The van der Waals surface area contributed by atoms with Crippen LogP contribution in [0.1, 0.15) is 23.7 Å². The standard InChI is InChI=1S/C20H20N3O/c1-4-19(24)15-13-18-17-11-7-8-12-22(17)20(21(2)3)23(18)16-10-6-5-9-14(15)16/h5-13H,4H2,1-3H3/q+1. The minimum atomic E-state index is 0.176. The molecule has 0 fully saturated rings. The number of anilines is 1. The summed E-state index contributed by atoms with van der Waals surface area (Å²) in [4.78, 5) is 14.6. The van der Waals surface area contributed by atoms with Crippen molar-refractivity contribution < 1.29 is 9.20 Å². The maximum absolute atomic E-state index is 12.5. The van der Waals surface area contributed by atoms with Crippen molar-refractivity contribution in [3.05, 3.63) is 60.3 Å². The minimum Gasteiger partial charge on any atom is -0.294 e. The average molecular weight is 318 g/mol. The summed E-state index contributed by atoms with van der Waals surface area (Å²) < 4.78 is 4.40. The van der Waals surface area contributed by atoms with Gasteiger partial charge in [-0.05, 0) is 24.3 Å². The van der Waals surface area contributed by atoms with E-state index in [0.717, 1.165) is 33.4 Å². The molecule has 0 saturated carbocycles. The number of aromatic nitrogens is 2. The van der Waals surface area contributed by atoms with Crippen molar-refractivity contribution in [1.29, 1.82) is 0 Å². The number of Topliss-reactive ketones (excluding diaryl/α,β-unsaturated/α-hetero) is 1. The van der Waals surface area contributed by atoms with Gasteiger partial charge in [0.2, 0.25) is 0 Å². The molecule has 0 amide bonds. The molecule has 0 aliphatic carbocycles. The second-order valence-corrected chi connectivity index (χ2v) is 6.22. The molecule has 4 heteroatoms. The maximum atomic E-state index is 12.5. The van der Waals surface area contributed by atoms with Gasteiger partial charge in [-0.3, -0.25) is 9.69 Å². The summed E-state index contributed by atoms with van der Waals surface area (Å²) in [5.74, 6) is 1.24. The van der Waals surface area contributed by atoms with Gasteiger partial charge in [-0.25, -0.2) is 4.40 Å². The lowest BCUT2D eigenvalue weighted by molar-refractivity contribution is -0.497. The van der Waals surface area contributed by atoms with E-state index in [4.69, 9.17) is 0 Å². The Kier molecular flexibility index (Phi) is 3.27. The lowest BCUT2D eigenvalue weighted by Crippen LogP contribution is -2.29. The molecule has 0 atom stereocenters. The van der Waals surface area contributed by atoms with Crippen molar-refractivity contribution in [3.63, 3.8) is 0 Å². The summed E-state index contributed by atoms with van der Waals surface area (Å²) in [5, 5.41) is 1.00. The van der Waals surface area contributed by atoms with E-state index in [1.165, 1.54) is 0 Å². The summed E-state index contributed by atoms with van der Waals surface area (Å²) in [6.45, 7) is 1.91. The number of rotatable bonds is 3. The van der Waals surface area contributed by atoms with Gasteiger partial charge in [0.1, 0.15) is 16.6 Å². The van der Waals surface area contributed by atoms with Crippen LogP contribution in [-0.2, 0) is 0 Å². The molecule has 3 aromatic heterocycles. The first-order valence-corrected chi connectivity index (χ1v) is 8.20. The lowest BCUT2D eigenvalue weighted by atomic mass is 10.0. The van der Waals surface area contributed by atoms with E-state index in [1.54, 1.807) is 0 Å². The van der Waals surface area contributed by atoms with Crippen LogP contribution in [0.3, 0.4) is 0 Å². The minimum absolute atomic E-state index is 0.176. The molecule has 0 N–H and O–H groups in total. The number of hydrogen-bond acceptors (Lipinski definition) is 2. The molecule has 0 aliphatic heterocycles. The number of para-hydroxylation sites is 1. The number of imidazole rings is 1. The highest BCUT2D eigenvalue weighted by Gasteiger charge is 2.25. The second-order valence-electron chi connectivity index (χ2n) is 6.22. The predicted molar refractivity (Wildman–Crippen MR) is 97.0 cm³/mol. The van der Waals surface area contributed by atoms with Crippen molar-refractivity contribution in [2.45, 2.75) is 13.3 Å². The fraction of sp³-hybridized carbons (Fsp3) is 0.200. The average Bonchev–Trinajstić information content (AvgIpc) is 2.95. The molecule has 3 heterocycles. The third kappa shape index (κ3) is 1.92. The van der Waals surface area contributed by atoms with E-state index in [2.05, 4.69) is 32.0 Å². The number of hydrogen-bond donors (Lipinski definition) is 0. The molecule has 0 unspecified atom stereocenters. The van der Waals surface area contributed by atoms with Crippen LogP contribution in [-0.4, -0.2) is 24.3 Å². The zero-order valence-corrected chi connectivity index (χ0v) is 14.2. The monoisotopic (exact) mass is 318 g/mol. The first kappa shape index (κ1) is 14.7. The number of ketones is 1. The molecular formula is C20H20N3O+. The van der Waals surface area contributed by atoms with Gasteiger partial charge in [-0.15, -0.1) is 0 Å². The number of fused-ring (bicyclic) bond motifs is 5. The van der Waals surface area contributed by atoms with Crippen molar-refractivity contribution in [1.82, 2.24) is 4.40 Å². The molecule has 4 rings (SSSR count). The van der Waals surface area contributed by atoms with Gasteiger partial charge in [-0.2, -0.15) is 4.40 Å². The van der Waals surface area contributed by atoms with Gasteiger partial charge in [0.25, 0.3) is 0 Å². The van der Waals surface area contributed by atoms with E-state index in [0.29, 0.717) is 6.42 Å². The van der Waals surface area contributed by atoms with Crippen molar-refractivity contribution in [2.24, 2.45) is 0 Å². The SMILES string of the molecule is CCC(=O)c1cc2c3cccc[n+]3c(N(C)C)n2c2ccccc12. The van der Waals surface area contributed by atoms with Gasteiger partial charge >= 0.3 is 5.95 Å². The number of carbonyl (C=O) groups excluding carboxylic acids is 1. The van der Waals surface area contributed by atoms with Crippen LogP contribution in [0.5, 0.6) is 0 Å². The van der Waals surface area contributed by atoms with Crippen LogP contribution in [0.15, 0.2) is 54.7 Å². The van der Waals surface area contributed by atoms with Crippen molar-refractivity contribution in [2.75, 3.05) is 19.0 Å². The summed E-state index contributed by atoms with van der Waals surface area (Å²) in [7, 11) is 4.09. The molecule has 0 radical (unpaired) electrons. The third-order valence-electron chi connectivity index (χ3n) is 4.52. The van der Waals surface area contributed by atoms with Crippen LogP contribution in [0, 0.1) is 0 Å². The molecule has 0 aliphatic rings. The summed E-state index contributed by atoms with van der Waals surface area (Å²) in [5.41, 5.74) is 4.00. The van der Waals surface area contributed by atoms with Crippen LogP contribution in [0.2, 0.25) is 0 Å². The van der Waals surface area contributed by atoms with Crippen LogP contribution >= 0.6 is 0 Å². The zero-order valence-electron chi connectivity index (χ0n) is 14.2. The lowest BCUT2D eigenvalue weighted by Gasteiger charge is -2.08. The van der Waals surface area contributed by atoms with Gasteiger partial charge in [0, 0.05) is 17.4 Å². The topological polar surface area (TPSA) is 28.8 Å². The summed E-state index contributed by atoms with van der Waals surface area (Å²) in [6.07, 6.45) is 2.57. The molecule has 0 spiro atoms. The highest BCUT2D eigenvalue weighted by atomic mass is 16.1. The molecular weight excluding hydrogens is 298 g/mol. The Balaban J connectivity index is 2.32. The molecule has 4 nitrogen and oxygen atoms in total. The first-order valence-electron chi connectivity index (χ1n) is 8.20. The Labute approximate surface area is 140 Å². The van der Waals surface area contributed by atoms with E-state index < -0.39 is 0 Å². The molecule has 24 heavy (non-hydrogen) atoms. The van der Waals surface area contributed by atoms with Gasteiger partial charge < -0.3 is 0 Å². The van der Waals surface area contributed by atoms with E-state index in [1.807, 2.05) is 57.4 Å². The number of nitrogens with zero attached hydrogens (tertiary/aromatic N) is 3. The highest BCUT2D eigenvalue weighted by molar-refractivity contribution is 6.09. The van der Waals surface area contributed by atoms with Crippen molar-refractivity contribution in [3.8, 4) is 0 Å². The number of carbonyl (C=O) groups is 1. The smallest absolute Gasteiger partial charge is 0.294 e. The normalized spacial score (nSPS) is 11.5. The Hall–Kier alpha value is -2.88. The van der Waals surface area contributed by atoms with E-state index in [-0.39, 0.29) is 5.78 Å². The first-order chi connectivity index (χ1) is 11.6. The largest absolute Gasteiger partial charge is 0.369 e. The predicted octanol–water partition coefficient (Wildman–Crippen LogP) is 3.49. The van der Waals surface area contributed by atoms with Crippen LogP contribution in [0.25, 0.3) is 21.9 Å². The highest BCUT2D eigenvalue weighted by Crippen LogP contribution is 2.28. The summed E-state index contributed by atoms with van der Waals surface area (Å²) in [6, 6.07) is 16.3. The Morgan fingerprint density at radius 2 is 1.83 bits per heavy atom. The van der Waals surface area contributed by atoms with Gasteiger partial charge in [-0.1, -0.05) is 31.2 Å². The molecule has 120 valence electrons. The van der Waals surface area contributed by atoms with E-state index >= 15 is 0 Å². The fourth-order valence-electron chi connectivity index (χ4n) is 3.48. The molecule has 0 saturated heterocycles. The number of pyridine rings is 2. The molecule has 4 aromatic rings. The van der Waals surface area contributed by atoms with Gasteiger partial charge in [0.15, 0.2) is 5.78 Å². The van der Waals surface area contributed by atoms with Crippen LogP contribution in [0.4, 0.5) is 5.95 Å². The van der Waals surface area contributed by atoms with Crippen molar-refractivity contribution >= 4 is 33.7 Å². The molecule has 0 bridgehead atoms. The Morgan fingerprint density at radius 1 is 1.08 bits per heavy atom. The Morgan fingerprint density at radius 3 is 2.58 bits per heavy atom. The maximum Gasteiger partial charge on any atom is 0.369 e. The zero-order chi connectivity index (χ0) is 16.8. The van der Waals surface area contributed by atoms with Crippen LogP contribution < -0.4 is 9.30 Å². The van der Waals surface area contributed by atoms with E-state index in [9.17, 15) is 4.79 Å². The second kappa shape index (κ2) is 5.34. The molecule has 1 aromatic carbocycles. The summed E-state index contributed by atoms with van der Waals surface area (Å²) >= 11 is 0. The fourth-order valence-corrected chi connectivity index (χ4v) is 3.48. The quantitative estimate of drug-likeness (QED) is 0.427. The number of benzene rings is 1. The third-order valence-corrected chi connectivity index (χ3v) is 4.52.